The monoisotopic (exact) mass is 426 g/mol. The highest BCUT2D eigenvalue weighted by Crippen LogP contribution is 2.34. The number of aryl methyl sites for hydroxylation is 1. The molecule has 3 N–H and O–H groups in total. The highest BCUT2D eigenvalue weighted by atomic mass is 35.5. The molecule has 0 radical (unpaired) electrons. The number of benzene rings is 1. The van der Waals surface area contributed by atoms with Gasteiger partial charge in [0.15, 0.2) is 0 Å². The first-order chi connectivity index (χ1) is 14.0. The van der Waals surface area contributed by atoms with Crippen molar-refractivity contribution >= 4 is 40.6 Å². The minimum Gasteiger partial charge on any atom is -0.326 e. The summed E-state index contributed by atoms with van der Waals surface area (Å²) in [6.45, 7) is 2.10. The van der Waals surface area contributed by atoms with E-state index < -0.39 is 0 Å². The van der Waals surface area contributed by atoms with E-state index in [2.05, 4.69) is 20.3 Å². The Labute approximate surface area is 176 Å². The van der Waals surface area contributed by atoms with Gasteiger partial charge in [-0.1, -0.05) is 23.2 Å². The average molecular weight is 427 g/mol. The summed E-state index contributed by atoms with van der Waals surface area (Å²) >= 11 is 12.5. The van der Waals surface area contributed by atoms with E-state index in [1.807, 2.05) is 13.0 Å². The highest BCUT2D eigenvalue weighted by Gasteiger charge is 2.20. The lowest BCUT2D eigenvalue weighted by Gasteiger charge is -2.14. The van der Waals surface area contributed by atoms with Crippen LogP contribution in [-0.4, -0.2) is 25.3 Å². The fourth-order valence-corrected chi connectivity index (χ4v) is 3.61. The standard InChI is InChI=1S/C20H16Cl2N6O/c1-11-15(8-23)18(14-5-4-12(21)7-16(14)22)28-10-17(27-20(28)25-11)19(29)26-13-3-2-6-24-9-13/h2-7,9-10H,8,23H2,1H3,(H,26,29). The molecule has 9 heteroatoms. The van der Waals surface area contributed by atoms with Crippen LogP contribution in [0.5, 0.6) is 0 Å². The number of carbonyl (C=O) groups is 1. The minimum absolute atomic E-state index is 0.210. The van der Waals surface area contributed by atoms with E-state index in [1.54, 1.807) is 47.3 Å². The normalized spacial score (nSPS) is 11.0. The molecule has 0 fully saturated rings. The fourth-order valence-electron chi connectivity index (χ4n) is 3.11. The summed E-state index contributed by atoms with van der Waals surface area (Å²) in [7, 11) is 0. The number of anilines is 1. The van der Waals surface area contributed by atoms with Gasteiger partial charge in [0.05, 0.1) is 22.6 Å². The van der Waals surface area contributed by atoms with Crippen LogP contribution in [-0.2, 0) is 6.54 Å². The van der Waals surface area contributed by atoms with Crippen LogP contribution in [0.2, 0.25) is 10.0 Å². The van der Waals surface area contributed by atoms with E-state index in [0.29, 0.717) is 27.2 Å². The lowest BCUT2D eigenvalue weighted by atomic mass is 10.0. The van der Waals surface area contributed by atoms with E-state index >= 15 is 0 Å². The first-order valence-electron chi connectivity index (χ1n) is 8.73. The second-order valence-electron chi connectivity index (χ2n) is 6.34. The summed E-state index contributed by atoms with van der Waals surface area (Å²) in [4.78, 5) is 25.5. The van der Waals surface area contributed by atoms with Crippen molar-refractivity contribution in [3.8, 4) is 11.3 Å². The molecule has 7 nitrogen and oxygen atoms in total. The Morgan fingerprint density at radius 3 is 2.76 bits per heavy atom. The number of amides is 1. The lowest BCUT2D eigenvalue weighted by molar-refractivity contribution is 0.102. The van der Waals surface area contributed by atoms with Crippen LogP contribution in [0.25, 0.3) is 17.0 Å². The smallest absolute Gasteiger partial charge is 0.275 e. The summed E-state index contributed by atoms with van der Waals surface area (Å²) in [6.07, 6.45) is 4.80. The Balaban J connectivity index is 1.87. The first-order valence-corrected chi connectivity index (χ1v) is 9.49. The van der Waals surface area contributed by atoms with Gasteiger partial charge >= 0.3 is 0 Å². The maximum atomic E-state index is 12.7. The Morgan fingerprint density at radius 1 is 1.24 bits per heavy atom. The van der Waals surface area contributed by atoms with E-state index in [9.17, 15) is 4.79 Å². The number of halogens is 2. The molecular formula is C20H16Cl2N6O. The highest BCUT2D eigenvalue weighted by molar-refractivity contribution is 6.36. The zero-order chi connectivity index (χ0) is 20.5. The number of nitrogens with two attached hydrogens (primary N) is 1. The summed E-state index contributed by atoms with van der Waals surface area (Å²) in [5.41, 5.74) is 9.75. The van der Waals surface area contributed by atoms with Crippen LogP contribution < -0.4 is 11.1 Å². The van der Waals surface area contributed by atoms with Crippen LogP contribution in [0.3, 0.4) is 0 Å². The zero-order valence-electron chi connectivity index (χ0n) is 15.4. The molecule has 1 amide bonds. The lowest BCUT2D eigenvalue weighted by Crippen LogP contribution is -2.12. The van der Waals surface area contributed by atoms with Gasteiger partial charge < -0.3 is 11.1 Å². The topological polar surface area (TPSA) is 98.2 Å². The van der Waals surface area contributed by atoms with Crippen molar-refractivity contribution in [1.82, 2.24) is 19.4 Å². The second kappa shape index (κ2) is 7.79. The third-order valence-corrected chi connectivity index (χ3v) is 5.01. The molecule has 29 heavy (non-hydrogen) atoms. The minimum atomic E-state index is -0.372. The SMILES string of the molecule is Cc1nc2nc(C(=O)Nc3cccnc3)cn2c(-c2ccc(Cl)cc2Cl)c1CN. The molecule has 0 unspecified atom stereocenters. The predicted molar refractivity (Wildman–Crippen MR) is 113 cm³/mol. The van der Waals surface area contributed by atoms with Gasteiger partial charge in [-0.15, -0.1) is 0 Å². The van der Waals surface area contributed by atoms with Crippen molar-refractivity contribution in [1.29, 1.82) is 0 Å². The van der Waals surface area contributed by atoms with Crippen LogP contribution in [0, 0.1) is 6.92 Å². The Bertz CT molecular complexity index is 1220. The molecule has 0 aliphatic carbocycles. The molecule has 0 aliphatic rings. The number of aromatic nitrogens is 4. The van der Waals surface area contributed by atoms with E-state index in [4.69, 9.17) is 28.9 Å². The van der Waals surface area contributed by atoms with Crippen molar-refractivity contribution in [2.45, 2.75) is 13.5 Å². The van der Waals surface area contributed by atoms with Gasteiger partial charge in [-0.05, 0) is 37.3 Å². The summed E-state index contributed by atoms with van der Waals surface area (Å²) < 4.78 is 1.72. The molecule has 3 aromatic heterocycles. The van der Waals surface area contributed by atoms with Crippen LogP contribution in [0.15, 0.2) is 48.9 Å². The predicted octanol–water partition coefficient (Wildman–Crippen LogP) is 4.12. The summed E-state index contributed by atoms with van der Waals surface area (Å²) in [5.74, 6) is 0.000609. The Kier molecular flexibility index (Phi) is 5.19. The molecular weight excluding hydrogens is 411 g/mol. The molecule has 3 heterocycles. The molecule has 0 saturated carbocycles. The van der Waals surface area contributed by atoms with Gasteiger partial charge in [0.2, 0.25) is 5.78 Å². The molecule has 4 rings (SSSR count). The molecule has 0 atom stereocenters. The maximum absolute atomic E-state index is 12.7. The molecule has 146 valence electrons. The number of fused-ring (bicyclic) bond motifs is 1. The van der Waals surface area contributed by atoms with Gasteiger partial charge in [0.25, 0.3) is 5.91 Å². The first kappa shape index (κ1) is 19.3. The van der Waals surface area contributed by atoms with E-state index in [1.165, 1.54) is 0 Å². The van der Waals surface area contributed by atoms with Gasteiger partial charge in [0.1, 0.15) is 5.69 Å². The number of nitrogens with zero attached hydrogens (tertiary/aromatic N) is 4. The van der Waals surface area contributed by atoms with Gasteiger partial charge in [-0.3, -0.25) is 14.2 Å². The Morgan fingerprint density at radius 2 is 2.07 bits per heavy atom. The van der Waals surface area contributed by atoms with Gasteiger partial charge in [-0.25, -0.2) is 9.97 Å². The number of imidazole rings is 1. The van der Waals surface area contributed by atoms with Crippen molar-refractivity contribution in [2.75, 3.05) is 5.32 Å². The number of pyridine rings is 1. The molecule has 0 spiro atoms. The quantitative estimate of drug-likeness (QED) is 0.511. The molecule has 1 aromatic carbocycles. The van der Waals surface area contributed by atoms with Crippen molar-refractivity contribution in [2.24, 2.45) is 5.73 Å². The Hall–Kier alpha value is -3.00. The third-order valence-electron chi connectivity index (χ3n) is 4.46. The van der Waals surface area contributed by atoms with Gasteiger partial charge in [-0.2, -0.15) is 0 Å². The number of rotatable bonds is 4. The summed E-state index contributed by atoms with van der Waals surface area (Å²) in [5, 5.41) is 3.76. The molecule has 0 bridgehead atoms. The number of carbonyl (C=O) groups excluding carboxylic acids is 1. The van der Waals surface area contributed by atoms with E-state index in [-0.39, 0.29) is 18.1 Å². The van der Waals surface area contributed by atoms with E-state index in [0.717, 1.165) is 16.8 Å². The van der Waals surface area contributed by atoms with Crippen LogP contribution in [0.1, 0.15) is 21.7 Å². The van der Waals surface area contributed by atoms with Crippen LogP contribution >= 0.6 is 23.2 Å². The van der Waals surface area contributed by atoms with Crippen molar-refractivity contribution in [3.63, 3.8) is 0 Å². The maximum Gasteiger partial charge on any atom is 0.275 e. The van der Waals surface area contributed by atoms with Crippen LogP contribution in [0.4, 0.5) is 5.69 Å². The summed E-state index contributed by atoms with van der Waals surface area (Å²) in [6, 6.07) is 8.70. The third kappa shape index (κ3) is 3.67. The number of nitrogens with one attached hydrogen (secondary N) is 1. The van der Waals surface area contributed by atoms with Gasteiger partial charge in [0, 0.05) is 40.8 Å². The van der Waals surface area contributed by atoms with Crippen molar-refractivity contribution < 1.29 is 4.79 Å². The molecule has 0 saturated heterocycles. The average Bonchev–Trinajstić information content (AvgIpc) is 3.12. The van der Waals surface area contributed by atoms with Crippen molar-refractivity contribution in [3.05, 3.63) is 75.9 Å². The fraction of sp³-hybridized carbons (Fsp3) is 0.100. The molecule has 4 aromatic rings. The largest absolute Gasteiger partial charge is 0.326 e. The second-order valence-corrected chi connectivity index (χ2v) is 7.19. The molecule has 0 aliphatic heterocycles. The number of hydrogen-bond acceptors (Lipinski definition) is 5. The number of hydrogen-bond donors (Lipinski definition) is 2. The zero-order valence-corrected chi connectivity index (χ0v) is 16.9.